The lowest BCUT2D eigenvalue weighted by Gasteiger charge is -2.35. The summed E-state index contributed by atoms with van der Waals surface area (Å²) >= 11 is 1.83. The number of benzene rings is 1. The molecule has 8 heteroatoms. The molecule has 0 spiro atoms. The van der Waals surface area contributed by atoms with Crippen LogP contribution in [0.3, 0.4) is 0 Å². The second-order valence-corrected chi connectivity index (χ2v) is 10.7. The first kappa shape index (κ1) is 20.9. The van der Waals surface area contributed by atoms with Crippen molar-refractivity contribution in [2.45, 2.75) is 51.3 Å². The fourth-order valence-corrected chi connectivity index (χ4v) is 6.09. The molecule has 2 aromatic rings. The highest BCUT2D eigenvalue weighted by Crippen LogP contribution is 2.46. The van der Waals surface area contributed by atoms with Crippen LogP contribution in [0.2, 0.25) is 0 Å². The molecule has 1 aliphatic heterocycles. The number of hydrogen-bond donors (Lipinski definition) is 0. The Balaban J connectivity index is 2.22. The molecule has 2 heterocycles. The summed E-state index contributed by atoms with van der Waals surface area (Å²) in [7, 11) is -2.23. The van der Waals surface area contributed by atoms with Gasteiger partial charge in [-0.25, -0.2) is 4.68 Å². The monoisotopic (exact) mass is 422 g/mol. The van der Waals surface area contributed by atoms with Gasteiger partial charge in [0.1, 0.15) is 5.56 Å². The van der Waals surface area contributed by atoms with Crippen LogP contribution in [-0.2, 0) is 22.6 Å². The Morgan fingerprint density at radius 1 is 1.29 bits per heavy atom. The molecule has 1 aliphatic rings. The van der Waals surface area contributed by atoms with Crippen LogP contribution in [-0.4, -0.2) is 36.0 Å². The van der Waals surface area contributed by atoms with E-state index in [0.717, 1.165) is 29.6 Å². The van der Waals surface area contributed by atoms with Crippen molar-refractivity contribution in [3.63, 3.8) is 0 Å². The van der Waals surface area contributed by atoms with E-state index in [2.05, 4.69) is 18.9 Å². The van der Waals surface area contributed by atoms with Crippen molar-refractivity contribution in [1.29, 1.82) is 0 Å². The van der Waals surface area contributed by atoms with Crippen LogP contribution >= 0.6 is 11.8 Å². The SMILES string of the molecule is Cc1cc(C(=O)c2c(C)nn(C)c2OS(C)(=O)=O)c(C)c2c1SCCC2(C)C. The van der Waals surface area contributed by atoms with Crippen LogP contribution in [0.15, 0.2) is 11.0 Å². The molecule has 0 atom stereocenters. The molecule has 6 nitrogen and oxygen atoms in total. The van der Waals surface area contributed by atoms with Crippen molar-refractivity contribution in [2.24, 2.45) is 7.05 Å². The number of nitrogens with zero attached hydrogens (tertiary/aromatic N) is 2. The first-order valence-electron chi connectivity index (χ1n) is 9.08. The minimum atomic E-state index is -3.79. The Kier molecular flexibility index (Phi) is 5.17. The number of carbonyl (C=O) groups is 1. The molecule has 0 N–H and O–H groups in total. The van der Waals surface area contributed by atoms with Crippen molar-refractivity contribution in [2.75, 3.05) is 12.0 Å². The van der Waals surface area contributed by atoms with Gasteiger partial charge in [0.15, 0.2) is 0 Å². The molecule has 0 fully saturated rings. The molecule has 0 unspecified atom stereocenters. The second kappa shape index (κ2) is 6.91. The Hall–Kier alpha value is -1.80. The van der Waals surface area contributed by atoms with E-state index in [9.17, 15) is 13.2 Å². The summed E-state index contributed by atoms with van der Waals surface area (Å²) in [5.74, 6) is 0.745. The molecule has 0 bridgehead atoms. The number of ketones is 1. The minimum absolute atomic E-state index is 0.0260. The van der Waals surface area contributed by atoms with Gasteiger partial charge in [-0.3, -0.25) is 4.79 Å². The van der Waals surface area contributed by atoms with Gasteiger partial charge in [-0.2, -0.15) is 13.5 Å². The number of rotatable bonds is 4. The fraction of sp³-hybridized carbons (Fsp3) is 0.500. The van der Waals surface area contributed by atoms with Crippen LogP contribution in [0.4, 0.5) is 0 Å². The van der Waals surface area contributed by atoms with Crippen LogP contribution in [0.1, 0.15) is 58.6 Å². The molecule has 152 valence electrons. The van der Waals surface area contributed by atoms with Crippen molar-refractivity contribution in [1.82, 2.24) is 9.78 Å². The molecule has 0 radical (unpaired) electrons. The number of thioether (sulfide) groups is 1. The third-order valence-electron chi connectivity index (χ3n) is 5.25. The van der Waals surface area contributed by atoms with Gasteiger partial charge < -0.3 is 4.18 Å². The number of aryl methyl sites for hydroxylation is 3. The van der Waals surface area contributed by atoms with Crippen molar-refractivity contribution in [3.8, 4) is 5.88 Å². The quantitative estimate of drug-likeness (QED) is 0.552. The predicted octanol–water partition coefficient (Wildman–Crippen LogP) is 3.69. The number of hydrogen-bond acceptors (Lipinski definition) is 6. The van der Waals surface area contributed by atoms with Crippen molar-refractivity contribution in [3.05, 3.63) is 39.6 Å². The number of carbonyl (C=O) groups excluding carboxylic acids is 1. The molecule has 0 amide bonds. The van der Waals surface area contributed by atoms with Gasteiger partial charge in [-0.05, 0) is 61.1 Å². The van der Waals surface area contributed by atoms with Gasteiger partial charge >= 0.3 is 10.1 Å². The largest absolute Gasteiger partial charge is 0.361 e. The molecular formula is C20H26N2O4S2. The van der Waals surface area contributed by atoms with E-state index < -0.39 is 10.1 Å². The zero-order valence-electron chi connectivity index (χ0n) is 17.3. The zero-order valence-corrected chi connectivity index (χ0v) is 19.0. The van der Waals surface area contributed by atoms with E-state index in [-0.39, 0.29) is 22.6 Å². The fourth-order valence-electron chi connectivity index (χ4n) is 3.93. The van der Waals surface area contributed by atoms with Crippen molar-refractivity contribution < 1.29 is 17.4 Å². The van der Waals surface area contributed by atoms with E-state index >= 15 is 0 Å². The Morgan fingerprint density at radius 3 is 2.54 bits per heavy atom. The first-order chi connectivity index (χ1) is 12.8. The van der Waals surface area contributed by atoms with E-state index in [1.54, 1.807) is 14.0 Å². The van der Waals surface area contributed by atoms with E-state index in [4.69, 9.17) is 4.18 Å². The molecule has 1 aromatic carbocycles. The molecule has 0 aliphatic carbocycles. The molecular weight excluding hydrogens is 396 g/mol. The Bertz CT molecular complexity index is 1080. The molecule has 28 heavy (non-hydrogen) atoms. The second-order valence-electron chi connectivity index (χ2n) is 8.06. The van der Waals surface area contributed by atoms with Gasteiger partial charge in [-0.1, -0.05) is 13.8 Å². The summed E-state index contributed by atoms with van der Waals surface area (Å²) in [6.45, 7) is 10.1. The number of fused-ring (bicyclic) bond motifs is 1. The lowest BCUT2D eigenvalue weighted by atomic mass is 9.76. The van der Waals surface area contributed by atoms with Crippen molar-refractivity contribution >= 4 is 27.7 Å². The average molecular weight is 423 g/mol. The predicted molar refractivity (Wildman–Crippen MR) is 111 cm³/mol. The molecule has 0 saturated heterocycles. The summed E-state index contributed by atoms with van der Waals surface area (Å²) in [5.41, 5.74) is 4.39. The van der Waals surface area contributed by atoms with Crippen LogP contribution in [0.5, 0.6) is 5.88 Å². The summed E-state index contributed by atoms with van der Waals surface area (Å²) in [4.78, 5) is 14.8. The lowest BCUT2D eigenvalue weighted by Crippen LogP contribution is -2.26. The van der Waals surface area contributed by atoms with Gasteiger partial charge in [0, 0.05) is 17.5 Å². The first-order valence-corrected chi connectivity index (χ1v) is 11.9. The van der Waals surface area contributed by atoms with Gasteiger partial charge in [-0.15, -0.1) is 11.8 Å². The maximum atomic E-state index is 13.5. The van der Waals surface area contributed by atoms with E-state index in [1.165, 1.54) is 15.1 Å². The summed E-state index contributed by atoms with van der Waals surface area (Å²) < 4.78 is 29.8. The smallest absolute Gasteiger partial charge is 0.307 e. The minimum Gasteiger partial charge on any atom is -0.361 e. The molecule has 3 rings (SSSR count). The van der Waals surface area contributed by atoms with Crippen LogP contribution < -0.4 is 4.18 Å². The van der Waals surface area contributed by atoms with Crippen LogP contribution in [0, 0.1) is 20.8 Å². The maximum Gasteiger partial charge on any atom is 0.307 e. The topological polar surface area (TPSA) is 78.3 Å². The third kappa shape index (κ3) is 3.59. The standard InChI is InChI=1S/C20H26N2O4S2/c1-11-10-14(12(2)16-18(11)27-9-8-20(16,4)5)17(23)15-13(3)21-22(6)19(15)26-28(7,24)25/h10H,8-9H2,1-7H3. The lowest BCUT2D eigenvalue weighted by molar-refractivity contribution is 0.103. The highest BCUT2D eigenvalue weighted by molar-refractivity contribution is 7.99. The summed E-state index contributed by atoms with van der Waals surface area (Å²) in [6.07, 6.45) is 1.99. The number of aromatic nitrogens is 2. The third-order valence-corrected chi connectivity index (χ3v) is 6.93. The van der Waals surface area contributed by atoms with Crippen LogP contribution in [0.25, 0.3) is 0 Å². The summed E-state index contributed by atoms with van der Waals surface area (Å²) in [6, 6.07) is 1.90. The average Bonchev–Trinajstić information content (AvgIpc) is 2.81. The normalized spacial score (nSPS) is 16.0. The van der Waals surface area contributed by atoms with Gasteiger partial charge in [0.05, 0.1) is 11.9 Å². The highest BCUT2D eigenvalue weighted by atomic mass is 32.2. The molecule has 0 saturated carbocycles. The maximum absolute atomic E-state index is 13.5. The molecule has 1 aromatic heterocycles. The van der Waals surface area contributed by atoms with E-state index in [1.807, 2.05) is 31.7 Å². The Labute approximate surface area is 170 Å². The zero-order chi connectivity index (χ0) is 21.0. The van der Waals surface area contributed by atoms with E-state index in [0.29, 0.717) is 11.3 Å². The highest BCUT2D eigenvalue weighted by Gasteiger charge is 2.34. The van der Waals surface area contributed by atoms with Gasteiger partial charge in [0.2, 0.25) is 11.7 Å². The Morgan fingerprint density at radius 2 is 1.93 bits per heavy atom. The summed E-state index contributed by atoms with van der Waals surface area (Å²) in [5, 5.41) is 4.21. The van der Waals surface area contributed by atoms with Gasteiger partial charge in [0.25, 0.3) is 0 Å².